The van der Waals surface area contributed by atoms with Crippen LogP contribution in [-0.4, -0.2) is 26.3 Å². The molecule has 0 radical (unpaired) electrons. The van der Waals surface area contributed by atoms with Gasteiger partial charge >= 0.3 is 0 Å². The summed E-state index contributed by atoms with van der Waals surface area (Å²) in [4.78, 5) is 0. The number of methoxy groups -OCH3 is 1. The number of hydrogen-bond acceptors (Lipinski definition) is 2. The molecule has 1 aliphatic rings. The molecule has 0 spiro atoms. The fourth-order valence-corrected chi connectivity index (χ4v) is 1.41. The Labute approximate surface area is 75.7 Å². The molecule has 12 heavy (non-hydrogen) atoms. The Morgan fingerprint density at radius 3 is 2.67 bits per heavy atom. The summed E-state index contributed by atoms with van der Waals surface area (Å²) in [5.41, 5.74) is 0.604. The van der Waals surface area contributed by atoms with Gasteiger partial charge in [0.05, 0.1) is 0 Å². The number of nitrogens with one attached hydrogen (secondary N) is 1. The van der Waals surface area contributed by atoms with E-state index < -0.39 is 0 Å². The van der Waals surface area contributed by atoms with Crippen molar-refractivity contribution in [2.24, 2.45) is 5.41 Å². The minimum absolute atomic E-state index is 0.604. The topological polar surface area (TPSA) is 21.3 Å². The average molecular weight is 171 g/mol. The Morgan fingerprint density at radius 1 is 1.50 bits per heavy atom. The molecule has 0 aliphatic heterocycles. The first kappa shape index (κ1) is 10.0. The lowest BCUT2D eigenvalue weighted by molar-refractivity contribution is 0.191. The monoisotopic (exact) mass is 171 g/mol. The average Bonchev–Trinajstić information content (AvgIpc) is 2.78. The van der Waals surface area contributed by atoms with E-state index in [2.05, 4.69) is 19.2 Å². The van der Waals surface area contributed by atoms with E-state index in [9.17, 15) is 0 Å². The van der Waals surface area contributed by atoms with Crippen molar-refractivity contribution in [1.82, 2.24) is 5.32 Å². The van der Waals surface area contributed by atoms with Crippen LogP contribution in [0, 0.1) is 5.41 Å². The van der Waals surface area contributed by atoms with Crippen molar-refractivity contribution in [3.8, 4) is 0 Å². The molecule has 2 heteroatoms. The predicted molar refractivity (Wildman–Crippen MR) is 51.3 cm³/mol. The van der Waals surface area contributed by atoms with Gasteiger partial charge in [-0.2, -0.15) is 0 Å². The third kappa shape index (κ3) is 2.76. The Kier molecular flexibility index (Phi) is 3.53. The van der Waals surface area contributed by atoms with Crippen molar-refractivity contribution < 1.29 is 4.74 Å². The molecule has 0 aromatic carbocycles. The van der Waals surface area contributed by atoms with Gasteiger partial charge < -0.3 is 10.1 Å². The van der Waals surface area contributed by atoms with Gasteiger partial charge in [0.25, 0.3) is 0 Å². The normalized spacial score (nSPS) is 22.2. The standard InChI is InChI=1S/C10H21NO/c1-9(10(2)5-6-10)11-7-4-8-12-3/h9,11H,4-8H2,1-3H3. The zero-order chi connectivity index (χ0) is 9.03. The van der Waals surface area contributed by atoms with E-state index in [-0.39, 0.29) is 0 Å². The van der Waals surface area contributed by atoms with Crippen LogP contribution in [0.3, 0.4) is 0 Å². The highest BCUT2D eigenvalue weighted by Gasteiger charge is 2.41. The zero-order valence-electron chi connectivity index (χ0n) is 8.52. The van der Waals surface area contributed by atoms with E-state index in [4.69, 9.17) is 4.74 Å². The molecular formula is C10H21NO. The van der Waals surface area contributed by atoms with E-state index in [1.807, 2.05) is 0 Å². The molecule has 1 N–H and O–H groups in total. The number of ether oxygens (including phenoxy) is 1. The van der Waals surface area contributed by atoms with Crippen LogP contribution in [0.4, 0.5) is 0 Å². The molecule has 0 bridgehead atoms. The molecule has 72 valence electrons. The molecule has 1 aliphatic carbocycles. The van der Waals surface area contributed by atoms with Gasteiger partial charge in [-0.15, -0.1) is 0 Å². The van der Waals surface area contributed by atoms with E-state index in [0.717, 1.165) is 19.6 Å². The van der Waals surface area contributed by atoms with Gasteiger partial charge in [0.2, 0.25) is 0 Å². The summed E-state index contributed by atoms with van der Waals surface area (Å²) in [6.07, 6.45) is 3.91. The molecule has 1 unspecified atom stereocenters. The maximum Gasteiger partial charge on any atom is 0.0474 e. The van der Waals surface area contributed by atoms with E-state index in [1.54, 1.807) is 7.11 Å². The molecule has 0 aromatic heterocycles. The fourth-order valence-electron chi connectivity index (χ4n) is 1.41. The Balaban J connectivity index is 1.99. The van der Waals surface area contributed by atoms with Crippen LogP contribution in [0.5, 0.6) is 0 Å². The third-order valence-corrected chi connectivity index (χ3v) is 3.06. The second-order valence-electron chi connectivity index (χ2n) is 4.18. The highest BCUT2D eigenvalue weighted by Crippen LogP contribution is 2.47. The van der Waals surface area contributed by atoms with Crippen LogP contribution < -0.4 is 5.32 Å². The maximum absolute atomic E-state index is 4.98. The Morgan fingerprint density at radius 2 is 2.17 bits per heavy atom. The van der Waals surface area contributed by atoms with Crippen molar-refractivity contribution in [3.63, 3.8) is 0 Å². The van der Waals surface area contributed by atoms with Crippen molar-refractivity contribution in [2.45, 2.75) is 39.2 Å². The molecule has 0 aromatic rings. The first-order valence-electron chi connectivity index (χ1n) is 4.91. The molecule has 0 heterocycles. The lowest BCUT2D eigenvalue weighted by Gasteiger charge is -2.20. The SMILES string of the molecule is COCCCNC(C)C1(C)CC1. The summed E-state index contributed by atoms with van der Waals surface area (Å²) in [5, 5.41) is 3.54. The second-order valence-corrected chi connectivity index (χ2v) is 4.18. The molecular weight excluding hydrogens is 150 g/mol. The van der Waals surface area contributed by atoms with Crippen LogP contribution in [0.1, 0.15) is 33.1 Å². The van der Waals surface area contributed by atoms with Gasteiger partial charge in [-0.05, 0) is 38.1 Å². The highest BCUT2D eigenvalue weighted by molar-refractivity contribution is 4.96. The summed E-state index contributed by atoms with van der Waals surface area (Å²) in [5.74, 6) is 0. The van der Waals surface area contributed by atoms with Crippen LogP contribution in [0.25, 0.3) is 0 Å². The van der Waals surface area contributed by atoms with Gasteiger partial charge in [0.15, 0.2) is 0 Å². The molecule has 1 rings (SSSR count). The van der Waals surface area contributed by atoms with Crippen molar-refractivity contribution >= 4 is 0 Å². The molecule has 1 fully saturated rings. The quantitative estimate of drug-likeness (QED) is 0.615. The van der Waals surface area contributed by atoms with Gasteiger partial charge in [-0.1, -0.05) is 6.92 Å². The summed E-state index contributed by atoms with van der Waals surface area (Å²) in [6.45, 7) is 6.61. The second kappa shape index (κ2) is 4.24. The van der Waals surface area contributed by atoms with Gasteiger partial charge in [-0.3, -0.25) is 0 Å². The first-order chi connectivity index (χ1) is 5.69. The number of rotatable bonds is 6. The summed E-state index contributed by atoms with van der Waals surface area (Å²) in [6, 6.07) is 0.675. The smallest absolute Gasteiger partial charge is 0.0474 e. The van der Waals surface area contributed by atoms with E-state index >= 15 is 0 Å². The maximum atomic E-state index is 4.98. The highest BCUT2D eigenvalue weighted by atomic mass is 16.5. The summed E-state index contributed by atoms with van der Waals surface area (Å²) in [7, 11) is 1.76. The third-order valence-electron chi connectivity index (χ3n) is 3.06. The first-order valence-corrected chi connectivity index (χ1v) is 4.91. The zero-order valence-corrected chi connectivity index (χ0v) is 8.52. The molecule has 1 saturated carbocycles. The lowest BCUT2D eigenvalue weighted by atomic mass is 10.0. The fraction of sp³-hybridized carbons (Fsp3) is 1.00. The van der Waals surface area contributed by atoms with Gasteiger partial charge in [0, 0.05) is 19.8 Å². The van der Waals surface area contributed by atoms with Crippen LogP contribution in [0.2, 0.25) is 0 Å². The Hall–Kier alpha value is -0.0800. The minimum Gasteiger partial charge on any atom is -0.385 e. The van der Waals surface area contributed by atoms with Crippen molar-refractivity contribution in [2.75, 3.05) is 20.3 Å². The van der Waals surface area contributed by atoms with E-state index in [0.29, 0.717) is 11.5 Å². The predicted octanol–water partition coefficient (Wildman–Crippen LogP) is 1.80. The molecule has 1 atom stereocenters. The van der Waals surface area contributed by atoms with E-state index in [1.165, 1.54) is 12.8 Å². The molecule has 2 nitrogen and oxygen atoms in total. The van der Waals surface area contributed by atoms with Gasteiger partial charge in [-0.25, -0.2) is 0 Å². The summed E-state index contributed by atoms with van der Waals surface area (Å²) >= 11 is 0. The number of hydrogen-bond donors (Lipinski definition) is 1. The minimum atomic E-state index is 0.604. The molecule has 0 saturated heterocycles. The van der Waals surface area contributed by atoms with Gasteiger partial charge in [0.1, 0.15) is 0 Å². The van der Waals surface area contributed by atoms with Crippen LogP contribution in [0.15, 0.2) is 0 Å². The lowest BCUT2D eigenvalue weighted by Crippen LogP contribution is -2.34. The van der Waals surface area contributed by atoms with Crippen molar-refractivity contribution in [1.29, 1.82) is 0 Å². The Bertz CT molecular complexity index is 132. The van der Waals surface area contributed by atoms with Crippen molar-refractivity contribution in [3.05, 3.63) is 0 Å². The van der Waals surface area contributed by atoms with Crippen LogP contribution in [-0.2, 0) is 4.74 Å². The summed E-state index contributed by atoms with van der Waals surface area (Å²) < 4.78 is 4.98. The largest absolute Gasteiger partial charge is 0.385 e. The van der Waals surface area contributed by atoms with Crippen LogP contribution >= 0.6 is 0 Å². The molecule has 0 amide bonds.